The van der Waals surface area contributed by atoms with E-state index in [4.69, 9.17) is 0 Å². The van der Waals surface area contributed by atoms with Crippen LogP contribution in [-0.4, -0.2) is 0 Å². The topological polar surface area (TPSA) is 0 Å². The molecule has 0 radical (unpaired) electrons. The number of hydrogen-bond acceptors (Lipinski definition) is 2. The van der Waals surface area contributed by atoms with Crippen LogP contribution < -0.4 is 0 Å². The minimum atomic E-state index is -1.76. The molecule has 0 N–H and O–H groups in total. The predicted molar refractivity (Wildman–Crippen MR) is 74.5 cm³/mol. The summed E-state index contributed by atoms with van der Waals surface area (Å²) in [6, 6.07) is 3.54. The zero-order valence-corrected chi connectivity index (χ0v) is 11.3. The van der Waals surface area contributed by atoms with Crippen LogP contribution in [0.4, 0.5) is 17.6 Å². The highest BCUT2D eigenvalue weighted by molar-refractivity contribution is 7.20. The summed E-state index contributed by atoms with van der Waals surface area (Å²) in [7, 11) is 0. The van der Waals surface area contributed by atoms with Crippen molar-refractivity contribution in [3.05, 3.63) is 46.2 Å². The van der Waals surface area contributed by atoms with E-state index in [1.165, 1.54) is 22.7 Å². The largest absolute Gasteiger partial charge is 0.203 e. The minimum absolute atomic E-state index is 0.179. The van der Waals surface area contributed by atoms with E-state index in [1.54, 1.807) is 22.9 Å². The van der Waals surface area contributed by atoms with Crippen LogP contribution in [0.1, 0.15) is 0 Å². The van der Waals surface area contributed by atoms with Gasteiger partial charge in [-0.1, -0.05) is 0 Å². The van der Waals surface area contributed by atoms with E-state index in [1.807, 2.05) is 0 Å². The first-order valence-electron chi connectivity index (χ1n) is 5.63. The van der Waals surface area contributed by atoms with Crippen molar-refractivity contribution in [1.29, 1.82) is 0 Å². The highest BCUT2D eigenvalue weighted by atomic mass is 32.1. The molecule has 0 saturated carbocycles. The van der Waals surface area contributed by atoms with E-state index in [2.05, 4.69) is 0 Å². The summed E-state index contributed by atoms with van der Waals surface area (Å²) in [6.45, 7) is 0. The third-order valence-electron chi connectivity index (χ3n) is 3.34. The quantitative estimate of drug-likeness (QED) is 0.218. The lowest BCUT2D eigenvalue weighted by atomic mass is 10.0. The molecule has 0 aliphatic rings. The molecule has 0 saturated heterocycles. The molecule has 100 valence electrons. The molecule has 0 fully saturated rings. The van der Waals surface area contributed by atoms with E-state index in [9.17, 15) is 17.6 Å². The van der Waals surface area contributed by atoms with Crippen LogP contribution >= 0.6 is 22.7 Å². The molecule has 0 bridgehead atoms. The second-order valence-corrected chi connectivity index (χ2v) is 6.16. The second-order valence-electron chi connectivity index (χ2n) is 4.33. The number of fused-ring (bicyclic) bond motifs is 6. The van der Waals surface area contributed by atoms with Crippen molar-refractivity contribution in [2.75, 3.05) is 0 Å². The normalized spacial score (nSPS) is 12.0. The predicted octanol–water partition coefficient (Wildman–Crippen LogP) is 5.83. The summed E-state index contributed by atoms with van der Waals surface area (Å²) in [5, 5.41) is 4.54. The van der Waals surface area contributed by atoms with E-state index in [-0.39, 0.29) is 10.8 Å². The Hall–Kier alpha value is -1.66. The summed E-state index contributed by atoms with van der Waals surface area (Å²) < 4.78 is 56.1. The maximum atomic E-state index is 14.1. The molecule has 0 amide bonds. The Morgan fingerprint density at radius 1 is 0.600 bits per heavy atom. The standard InChI is InChI=1S/C14H4F4S2/c15-9-7-8(10(16)12(18)11(9)17)14-6(2-4-20-14)5-1-3-19-13(5)7/h1-4H. The molecule has 0 atom stereocenters. The van der Waals surface area contributed by atoms with E-state index in [0.717, 1.165) is 10.8 Å². The third-order valence-corrected chi connectivity index (χ3v) is 5.21. The van der Waals surface area contributed by atoms with Crippen molar-refractivity contribution in [3.8, 4) is 0 Å². The number of benzene rings is 2. The lowest BCUT2D eigenvalue weighted by Crippen LogP contribution is -1.98. The Morgan fingerprint density at radius 2 is 1.00 bits per heavy atom. The fraction of sp³-hybridized carbons (Fsp3) is 0. The Morgan fingerprint density at radius 3 is 1.40 bits per heavy atom. The van der Waals surface area contributed by atoms with Gasteiger partial charge in [0.05, 0.1) is 0 Å². The third kappa shape index (κ3) is 1.30. The van der Waals surface area contributed by atoms with Gasteiger partial charge in [-0.3, -0.25) is 0 Å². The molecular weight excluding hydrogens is 308 g/mol. The van der Waals surface area contributed by atoms with Crippen molar-refractivity contribution >= 4 is 53.6 Å². The molecule has 2 aromatic carbocycles. The zero-order valence-electron chi connectivity index (χ0n) is 9.64. The van der Waals surface area contributed by atoms with Crippen molar-refractivity contribution in [2.45, 2.75) is 0 Å². The summed E-state index contributed by atoms with van der Waals surface area (Å²) >= 11 is 2.36. The molecule has 0 spiro atoms. The molecule has 6 heteroatoms. The van der Waals surface area contributed by atoms with Crippen LogP contribution in [0.3, 0.4) is 0 Å². The van der Waals surface area contributed by atoms with Crippen molar-refractivity contribution in [3.63, 3.8) is 0 Å². The van der Waals surface area contributed by atoms with Crippen LogP contribution in [0.2, 0.25) is 0 Å². The number of thiophene rings is 2. The molecular formula is C14H4F4S2. The lowest BCUT2D eigenvalue weighted by molar-refractivity contribution is 0.418. The van der Waals surface area contributed by atoms with Crippen LogP contribution in [0.15, 0.2) is 22.9 Å². The Bertz CT molecular complexity index is 916. The fourth-order valence-corrected chi connectivity index (χ4v) is 4.40. The van der Waals surface area contributed by atoms with Crippen molar-refractivity contribution in [2.24, 2.45) is 0 Å². The van der Waals surface area contributed by atoms with Gasteiger partial charge in [0.2, 0.25) is 0 Å². The van der Waals surface area contributed by atoms with E-state index in [0.29, 0.717) is 9.40 Å². The van der Waals surface area contributed by atoms with Gasteiger partial charge in [-0.2, -0.15) is 0 Å². The van der Waals surface area contributed by atoms with Gasteiger partial charge in [-0.15, -0.1) is 22.7 Å². The van der Waals surface area contributed by atoms with Crippen molar-refractivity contribution < 1.29 is 17.6 Å². The first-order chi connectivity index (χ1) is 9.61. The Balaban J connectivity index is 2.50. The summed E-state index contributed by atoms with van der Waals surface area (Å²) in [5.41, 5.74) is 0. The summed E-state index contributed by atoms with van der Waals surface area (Å²) in [6.07, 6.45) is 0. The van der Waals surface area contributed by atoms with Gasteiger partial charge in [0, 0.05) is 30.9 Å². The minimum Gasteiger partial charge on any atom is -0.203 e. The number of hydrogen-bond donors (Lipinski definition) is 0. The van der Waals surface area contributed by atoms with Crippen LogP contribution in [0.5, 0.6) is 0 Å². The molecule has 4 rings (SSSR count). The SMILES string of the molecule is Fc1c(F)c(F)c2c3sccc3c3ccsc3c2c1F. The van der Waals surface area contributed by atoms with Gasteiger partial charge in [0.1, 0.15) is 0 Å². The summed E-state index contributed by atoms with van der Waals surface area (Å²) in [4.78, 5) is 0. The van der Waals surface area contributed by atoms with E-state index >= 15 is 0 Å². The molecule has 0 aliphatic carbocycles. The van der Waals surface area contributed by atoms with Gasteiger partial charge in [-0.05, 0) is 22.9 Å². The molecule has 2 heterocycles. The van der Waals surface area contributed by atoms with Gasteiger partial charge >= 0.3 is 0 Å². The second kappa shape index (κ2) is 3.93. The first-order valence-corrected chi connectivity index (χ1v) is 7.39. The molecule has 0 unspecified atom stereocenters. The molecule has 0 nitrogen and oxygen atoms in total. The van der Waals surface area contributed by atoms with Crippen LogP contribution in [-0.2, 0) is 0 Å². The van der Waals surface area contributed by atoms with E-state index < -0.39 is 23.3 Å². The number of rotatable bonds is 0. The molecule has 20 heavy (non-hydrogen) atoms. The Labute approximate surface area is 117 Å². The average molecular weight is 312 g/mol. The Kier molecular flexibility index (Phi) is 2.38. The molecule has 4 aromatic rings. The van der Waals surface area contributed by atoms with Gasteiger partial charge in [0.15, 0.2) is 23.3 Å². The van der Waals surface area contributed by atoms with Crippen LogP contribution in [0.25, 0.3) is 30.9 Å². The van der Waals surface area contributed by atoms with Gasteiger partial charge in [-0.25, -0.2) is 17.6 Å². The highest BCUT2D eigenvalue weighted by Crippen LogP contribution is 2.43. The van der Waals surface area contributed by atoms with Gasteiger partial charge < -0.3 is 0 Å². The van der Waals surface area contributed by atoms with Gasteiger partial charge in [0.25, 0.3) is 0 Å². The maximum Gasteiger partial charge on any atom is 0.198 e. The highest BCUT2D eigenvalue weighted by Gasteiger charge is 2.25. The zero-order chi connectivity index (χ0) is 14.0. The van der Waals surface area contributed by atoms with Crippen LogP contribution in [0, 0.1) is 23.3 Å². The molecule has 2 aromatic heterocycles. The smallest absolute Gasteiger partial charge is 0.198 e. The summed E-state index contributed by atoms with van der Waals surface area (Å²) in [5.74, 6) is -6.19. The average Bonchev–Trinajstić information content (AvgIpc) is 3.08. The first kappa shape index (κ1) is 12.1. The lowest BCUT2D eigenvalue weighted by Gasteiger charge is -2.07. The number of halogens is 4. The molecule has 0 aliphatic heterocycles. The fourth-order valence-electron chi connectivity index (χ4n) is 2.49. The maximum absolute atomic E-state index is 14.1. The monoisotopic (exact) mass is 312 g/mol. The van der Waals surface area contributed by atoms with Crippen molar-refractivity contribution in [1.82, 2.24) is 0 Å².